The molecule has 5 heteroatoms. The molecule has 0 radical (unpaired) electrons. The van der Waals surface area contributed by atoms with E-state index in [0.717, 1.165) is 29.3 Å². The molecule has 1 aromatic rings. The summed E-state index contributed by atoms with van der Waals surface area (Å²) in [4.78, 5) is 0. The van der Waals surface area contributed by atoms with Gasteiger partial charge in [-0.3, -0.25) is 0 Å². The Hall–Kier alpha value is -1.25. The molecule has 1 rings (SSSR count). The Labute approximate surface area is 134 Å². The monoisotopic (exact) mass is 355 g/mol. The number of hydrogen-bond acceptors (Lipinski definition) is 4. The summed E-state index contributed by atoms with van der Waals surface area (Å²) >= 11 is 3.43. The average molecular weight is 356 g/mol. The molecule has 0 aliphatic carbocycles. The van der Waals surface area contributed by atoms with Crippen molar-refractivity contribution in [1.82, 2.24) is 0 Å². The van der Waals surface area contributed by atoms with E-state index in [4.69, 9.17) is 14.7 Å². The summed E-state index contributed by atoms with van der Waals surface area (Å²) in [5.41, 5.74) is 0.489. The van der Waals surface area contributed by atoms with Gasteiger partial charge in [0.1, 0.15) is 0 Å². The lowest BCUT2D eigenvalue weighted by molar-refractivity contribution is 0.270. The van der Waals surface area contributed by atoms with Crippen molar-refractivity contribution in [2.75, 3.05) is 13.7 Å². The molecular formula is C16H22BrNO3. The van der Waals surface area contributed by atoms with Crippen LogP contribution in [0, 0.1) is 16.7 Å². The maximum Gasteiger partial charge on any atom is 0.175 e. The van der Waals surface area contributed by atoms with Crippen molar-refractivity contribution in [3.8, 4) is 17.6 Å². The summed E-state index contributed by atoms with van der Waals surface area (Å²) in [5.74, 6) is 1.25. The van der Waals surface area contributed by atoms with Gasteiger partial charge in [0.2, 0.25) is 0 Å². The molecule has 1 N–H and O–H groups in total. The molecule has 0 saturated heterocycles. The highest BCUT2D eigenvalue weighted by atomic mass is 79.9. The van der Waals surface area contributed by atoms with E-state index in [0.29, 0.717) is 18.1 Å². The maximum atomic E-state index is 9.17. The van der Waals surface area contributed by atoms with Gasteiger partial charge < -0.3 is 14.6 Å². The van der Waals surface area contributed by atoms with Gasteiger partial charge in [0.05, 0.1) is 36.3 Å². The maximum absolute atomic E-state index is 9.17. The van der Waals surface area contributed by atoms with E-state index in [1.54, 1.807) is 13.2 Å². The predicted molar refractivity (Wildman–Crippen MR) is 85.4 cm³/mol. The summed E-state index contributed by atoms with van der Waals surface area (Å²) < 4.78 is 11.8. The van der Waals surface area contributed by atoms with E-state index >= 15 is 0 Å². The summed E-state index contributed by atoms with van der Waals surface area (Å²) in [6.45, 7) is 4.41. The standard InChI is InChI=1S/C16H22BrNO3/c1-16(2,11-18)6-4-5-7-21-15-13(17)8-12(10-19)9-14(15)20-3/h8-9,19H,4-7,10H2,1-3H3. The predicted octanol–water partition coefficient (Wildman–Crippen LogP) is 4.05. The zero-order valence-electron chi connectivity index (χ0n) is 12.8. The third-order valence-corrected chi connectivity index (χ3v) is 3.81. The minimum absolute atomic E-state index is 0.0432. The van der Waals surface area contributed by atoms with Crippen molar-refractivity contribution in [2.45, 2.75) is 39.7 Å². The Morgan fingerprint density at radius 2 is 2.05 bits per heavy atom. The molecule has 0 bridgehead atoms. The van der Waals surface area contributed by atoms with Crippen LogP contribution in [-0.2, 0) is 6.61 Å². The van der Waals surface area contributed by atoms with Crippen LogP contribution in [0.2, 0.25) is 0 Å². The third-order valence-electron chi connectivity index (χ3n) is 3.22. The number of hydrogen-bond donors (Lipinski definition) is 1. The van der Waals surface area contributed by atoms with Crippen LogP contribution in [0.4, 0.5) is 0 Å². The zero-order chi connectivity index (χ0) is 15.9. The van der Waals surface area contributed by atoms with Gasteiger partial charge in [-0.1, -0.05) is 0 Å². The lowest BCUT2D eigenvalue weighted by atomic mass is 9.89. The Kier molecular flexibility index (Phi) is 7.00. The number of nitrogens with zero attached hydrogens (tertiary/aromatic N) is 1. The Morgan fingerprint density at radius 3 is 2.62 bits per heavy atom. The largest absolute Gasteiger partial charge is 0.493 e. The highest BCUT2D eigenvalue weighted by Crippen LogP contribution is 2.36. The first-order chi connectivity index (χ1) is 9.93. The summed E-state index contributed by atoms with van der Waals surface area (Å²) in [5, 5.41) is 18.1. The second-order valence-electron chi connectivity index (χ2n) is 5.57. The van der Waals surface area contributed by atoms with Gasteiger partial charge in [0.15, 0.2) is 11.5 Å². The SMILES string of the molecule is COc1cc(CO)cc(Br)c1OCCCCC(C)(C)C#N. The fourth-order valence-electron chi connectivity index (χ4n) is 1.90. The highest BCUT2D eigenvalue weighted by Gasteiger charge is 2.16. The summed E-state index contributed by atoms with van der Waals surface area (Å²) in [7, 11) is 1.57. The van der Waals surface area contributed by atoms with Crippen molar-refractivity contribution < 1.29 is 14.6 Å². The third kappa shape index (κ3) is 5.56. The molecule has 0 amide bonds. The van der Waals surface area contributed by atoms with Gasteiger partial charge in [-0.25, -0.2) is 0 Å². The van der Waals surface area contributed by atoms with Gasteiger partial charge in [-0.2, -0.15) is 5.26 Å². The van der Waals surface area contributed by atoms with Gasteiger partial charge in [-0.05, 0) is 66.7 Å². The van der Waals surface area contributed by atoms with E-state index in [-0.39, 0.29) is 12.0 Å². The molecule has 0 heterocycles. The Balaban J connectivity index is 2.54. The molecule has 116 valence electrons. The molecule has 0 spiro atoms. The number of methoxy groups -OCH3 is 1. The number of benzene rings is 1. The highest BCUT2D eigenvalue weighted by molar-refractivity contribution is 9.10. The zero-order valence-corrected chi connectivity index (χ0v) is 14.4. The van der Waals surface area contributed by atoms with Crippen molar-refractivity contribution in [3.05, 3.63) is 22.2 Å². The van der Waals surface area contributed by atoms with Gasteiger partial charge in [0.25, 0.3) is 0 Å². The van der Waals surface area contributed by atoms with Crippen molar-refractivity contribution in [2.24, 2.45) is 5.41 Å². The molecule has 0 atom stereocenters. The topological polar surface area (TPSA) is 62.5 Å². The number of ether oxygens (including phenoxy) is 2. The van der Waals surface area contributed by atoms with Crippen LogP contribution in [0.1, 0.15) is 38.7 Å². The minimum atomic E-state index is -0.277. The van der Waals surface area contributed by atoms with E-state index in [1.807, 2.05) is 19.9 Å². The quantitative estimate of drug-likeness (QED) is 0.714. The number of aliphatic hydroxyl groups excluding tert-OH is 1. The van der Waals surface area contributed by atoms with Crippen LogP contribution in [0.15, 0.2) is 16.6 Å². The van der Waals surface area contributed by atoms with Gasteiger partial charge in [-0.15, -0.1) is 0 Å². The van der Waals surface area contributed by atoms with Crippen LogP contribution < -0.4 is 9.47 Å². The molecule has 0 unspecified atom stereocenters. The lowest BCUT2D eigenvalue weighted by Crippen LogP contribution is -2.08. The first-order valence-corrected chi connectivity index (χ1v) is 7.74. The lowest BCUT2D eigenvalue weighted by Gasteiger charge is -2.16. The van der Waals surface area contributed by atoms with Crippen molar-refractivity contribution >= 4 is 15.9 Å². The smallest absolute Gasteiger partial charge is 0.175 e. The van der Waals surface area contributed by atoms with E-state index in [2.05, 4.69) is 22.0 Å². The Morgan fingerprint density at radius 1 is 1.33 bits per heavy atom. The molecular weight excluding hydrogens is 334 g/mol. The second kappa shape index (κ2) is 8.26. The van der Waals surface area contributed by atoms with Crippen molar-refractivity contribution in [1.29, 1.82) is 5.26 Å². The Bertz CT molecular complexity index is 509. The molecule has 1 aromatic carbocycles. The van der Waals surface area contributed by atoms with E-state index in [9.17, 15) is 5.11 Å². The molecule has 0 aliphatic heterocycles. The van der Waals surface area contributed by atoms with Crippen molar-refractivity contribution in [3.63, 3.8) is 0 Å². The summed E-state index contributed by atoms with van der Waals surface area (Å²) in [6, 6.07) is 5.88. The van der Waals surface area contributed by atoms with Crippen LogP contribution >= 0.6 is 15.9 Å². The molecule has 0 saturated carbocycles. The first kappa shape index (κ1) is 17.8. The number of unbranched alkanes of at least 4 members (excludes halogenated alkanes) is 1. The molecule has 0 fully saturated rings. The normalized spacial score (nSPS) is 11.0. The molecule has 0 aromatic heterocycles. The van der Waals surface area contributed by atoms with Gasteiger partial charge >= 0.3 is 0 Å². The van der Waals surface area contributed by atoms with Crippen LogP contribution in [-0.4, -0.2) is 18.8 Å². The summed E-state index contributed by atoms with van der Waals surface area (Å²) in [6.07, 6.45) is 2.67. The first-order valence-electron chi connectivity index (χ1n) is 6.95. The molecule has 4 nitrogen and oxygen atoms in total. The van der Waals surface area contributed by atoms with E-state index < -0.39 is 0 Å². The van der Waals surface area contributed by atoms with Gasteiger partial charge in [0, 0.05) is 0 Å². The van der Waals surface area contributed by atoms with Crippen LogP contribution in [0.5, 0.6) is 11.5 Å². The number of aliphatic hydroxyl groups is 1. The molecule has 0 aliphatic rings. The second-order valence-corrected chi connectivity index (χ2v) is 6.42. The fraction of sp³-hybridized carbons (Fsp3) is 0.562. The number of halogens is 1. The fourth-order valence-corrected chi connectivity index (χ4v) is 2.51. The minimum Gasteiger partial charge on any atom is -0.493 e. The van der Waals surface area contributed by atoms with E-state index in [1.165, 1.54) is 0 Å². The average Bonchev–Trinajstić information content (AvgIpc) is 2.47. The van der Waals surface area contributed by atoms with Crippen LogP contribution in [0.3, 0.4) is 0 Å². The molecule has 21 heavy (non-hydrogen) atoms. The number of rotatable bonds is 8. The van der Waals surface area contributed by atoms with Crippen LogP contribution in [0.25, 0.3) is 0 Å². The number of nitriles is 1.